The quantitative estimate of drug-likeness (QED) is 0.550. The maximum Gasteiger partial charge on any atom is 0.334 e. The molecule has 0 radical (unpaired) electrons. The molecule has 0 aliphatic heterocycles. The summed E-state index contributed by atoms with van der Waals surface area (Å²) in [6.07, 6.45) is 4.79. The average Bonchev–Trinajstić information content (AvgIpc) is 2.36. The van der Waals surface area contributed by atoms with Crippen LogP contribution in [0.25, 0.3) is 6.08 Å². The number of carbonyl (C=O) groups is 1. The van der Waals surface area contributed by atoms with Crippen molar-refractivity contribution in [2.45, 2.75) is 33.1 Å². The van der Waals surface area contributed by atoms with E-state index in [0.717, 1.165) is 30.4 Å². The van der Waals surface area contributed by atoms with E-state index in [1.54, 1.807) is 0 Å². The molecule has 0 aliphatic rings. The lowest BCUT2D eigenvalue weighted by atomic mass is 10.1. The molecule has 92 valence electrons. The molecule has 0 amide bonds. The lowest BCUT2D eigenvalue weighted by Gasteiger charge is -2.06. The van der Waals surface area contributed by atoms with Crippen molar-refractivity contribution in [3.63, 3.8) is 0 Å². The van der Waals surface area contributed by atoms with Gasteiger partial charge in [-0.05, 0) is 31.4 Å². The van der Waals surface area contributed by atoms with Gasteiger partial charge in [0.05, 0.1) is 6.61 Å². The van der Waals surface area contributed by atoms with E-state index in [0.29, 0.717) is 6.61 Å². The van der Waals surface area contributed by atoms with Crippen LogP contribution in [0.5, 0.6) is 0 Å². The normalized spacial score (nSPS) is 11.3. The summed E-state index contributed by atoms with van der Waals surface area (Å²) < 4.78 is 5.07. The Kier molecular flexibility index (Phi) is 6.08. The molecule has 0 atom stereocenters. The van der Waals surface area contributed by atoms with Gasteiger partial charge in [0.1, 0.15) is 0 Å². The van der Waals surface area contributed by atoms with E-state index in [1.165, 1.54) is 0 Å². The standard InChI is InChI=1S/C15H20O2/c1-3-5-11-14(15(16)17-4-2)12-13-9-7-6-8-10-13/h6-10,12H,3-5,11H2,1-2H3/b14-12+. The molecule has 0 saturated heterocycles. The minimum absolute atomic E-state index is 0.190. The second kappa shape index (κ2) is 7.66. The zero-order chi connectivity index (χ0) is 12.5. The minimum Gasteiger partial charge on any atom is -0.463 e. The van der Waals surface area contributed by atoms with Crippen LogP contribution < -0.4 is 0 Å². The summed E-state index contributed by atoms with van der Waals surface area (Å²) in [5.74, 6) is -0.190. The fourth-order valence-corrected chi connectivity index (χ4v) is 1.57. The van der Waals surface area contributed by atoms with E-state index in [4.69, 9.17) is 4.74 Å². The summed E-state index contributed by atoms with van der Waals surface area (Å²) in [6, 6.07) is 9.88. The van der Waals surface area contributed by atoms with E-state index in [2.05, 4.69) is 6.92 Å². The monoisotopic (exact) mass is 232 g/mol. The highest BCUT2D eigenvalue weighted by Crippen LogP contribution is 2.14. The molecular weight excluding hydrogens is 212 g/mol. The summed E-state index contributed by atoms with van der Waals surface area (Å²) in [4.78, 5) is 11.8. The van der Waals surface area contributed by atoms with Crippen LogP contribution in [-0.4, -0.2) is 12.6 Å². The van der Waals surface area contributed by atoms with Crippen molar-refractivity contribution < 1.29 is 9.53 Å². The molecule has 0 spiro atoms. The highest BCUT2D eigenvalue weighted by atomic mass is 16.5. The van der Waals surface area contributed by atoms with Crippen LogP contribution in [0.1, 0.15) is 38.7 Å². The highest BCUT2D eigenvalue weighted by molar-refractivity contribution is 5.93. The van der Waals surface area contributed by atoms with E-state index < -0.39 is 0 Å². The number of hydrogen-bond donors (Lipinski definition) is 0. The molecule has 1 rings (SSSR count). The van der Waals surface area contributed by atoms with Crippen molar-refractivity contribution in [3.05, 3.63) is 41.5 Å². The number of esters is 1. The molecule has 1 aromatic rings. The average molecular weight is 232 g/mol. The first-order valence-electron chi connectivity index (χ1n) is 6.20. The summed E-state index contributed by atoms with van der Waals surface area (Å²) in [5.41, 5.74) is 1.81. The largest absolute Gasteiger partial charge is 0.463 e. The fraction of sp³-hybridized carbons (Fsp3) is 0.400. The molecule has 0 aromatic heterocycles. The summed E-state index contributed by atoms with van der Waals surface area (Å²) >= 11 is 0. The fourth-order valence-electron chi connectivity index (χ4n) is 1.57. The van der Waals surface area contributed by atoms with E-state index in [1.807, 2.05) is 43.3 Å². The van der Waals surface area contributed by atoms with Gasteiger partial charge < -0.3 is 4.74 Å². The van der Waals surface area contributed by atoms with Crippen LogP contribution in [0.15, 0.2) is 35.9 Å². The maximum absolute atomic E-state index is 11.8. The Hall–Kier alpha value is -1.57. The smallest absolute Gasteiger partial charge is 0.334 e. The van der Waals surface area contributed by atoms with Crippen molar-refractivity contribution >= 4 is 12.0 Å². The molecule has 0 unspecified atom stereocenters. The summed E-state index contributed by atoms with van der Waals surface area (Å²) in [5, 5.41) is 0. The Morgan fingerprint density at radius 3 is 2.53 bits per heavy atom. The number of carbonyl (C=O) groups excluding carboxylic acids is 1. The molecule has 1 aromatic carbocycles. The van der Waals surface area contributed by atoms with E-state index in [-0.39, 0.29) is 5.97 Å². The molecule has 0 heterocycles. The predicted molar refractivity (Wildman–Crippen MR) is 70.6 cm³/mol. The third kappa shape index (κ3) is 4.85. The van der Waals surface area contributed by atoms with Gasteiger partial charge in [-0.15, -0.1) is 0 Å². The van der Waals surface area contributed by atoms with Crippen molar-refractivity contribution in [3.8, 4) is 0 Å². The second-order valence-electron chi connectivity index (χ2n) is 3.90. The maximum atomic E-state index is 11.8. The molecule has 0 aliphatic carbocycles. The molecule has 0 saturated carbocycles. The second-order valence-corrected chi connectivity index (χ2v) is 3.90. The predicted octanol–water partition coefficient (Wildman–Crippen LogP) is 3.82. The van der Waals surface area contributed by atoms with Crippen molar-refractivity contribution in [1.29, 1.82) is 0 Å². The zero-order valence-electron chi connectivity index (χ0n) is 10.6. The Labute approximate surface area is 103 Å². The first-order chi connectivity index (χ1) is 8.27. The van der Waals surface area contributed by atoms with Crippen LogP contribution in [-0.2, 0) is 9.53 Å². The van der Waals surface area contributed by atoms with Gasteiger partial charge in [0.15, 0.2) is 0 Å². The van der Waals surface area contributed by atoms with Gasteiger partial charge in [0, 0.05) is 5.57 Å². The van der Waals surface area contributed by atoms with Crippen LogP contribution in [0.2, 0.25) is 0 Å². The van der Waals surface area contributed by atoms with Crippen molar-refractivity contribution in [2.75, 3.05) is 6.61 Å². The van der Waals surface area contributed by atoms with Gasteiger partial charge in [-0.25, -0.2) is 4.79 Å². The number of unbranched alkanes of at least 4 members (excludes halogenated alkanes) is 1. The Balaban J connectivity index is 2.81. The number of rotatable bonds is 6. The van der Waals surface area contributed by atoms with Gasteiger partial charge in [-0.3, -0.25) is 0 Å². The van der Waals surface area contributed by atoms with Crippen molar-refractivity contribution in [1.82, 2.24) is 0 Å². The van der Waals surface area contributed by atoms with Gasteiger partial charge in [0.2, 0.25) is 0 Å². The third-order valence-electron chi connectivity index (χ3n) is 2.48. The van der Waals surface area contributed by atoms with Gasteiger partial charge in [0.25, 0.3) is 0 Å². The van der Waals surface area contributed by atoms with Gasteiger partial charge in [-0.1, -0.05) is 43.7 Å². The summed E-state index contributed by atoms with van der Waals surface area (Å²) in [6.45, 7) is 4.38. The molecule has 0 bridgehead atoms. The highest BCUT2D eigenvalue weighted by Gasteiger charge is 2.09. The van der Waals surface area contributed by atoms with Crippen LogP contribution in [0, 0.1) is 0 Å². The lowest BCUT2D eigenvalue weighted by Crippen LogP contribution is -2.07. The third-order valence-corrected chi connectivity index (χ3v) is 2.48. The summed E-state index contributed by atoms with van der Waals surface area (Å²) in [7, 11) is 0. The lowest BCUT2D eigenvalue weighted by molar-refractivity contribution is -0.138. The number of ether oxygens (including phenoxy) is 1. The van der Waals surface area contributed by atoms with Crippen LogP contribution >= 0.6 is 0 Å². The first kappa shape index (κ1) is 13.5. The first-order valence-corrected chi connectivity index (χ1v) is 6.20. The minimum atomic E-state index is -0.190. The zero-order valence-corrected chi connectivity index (χ0v) is 10.6. The number of hydrogen-bond acceptors (Lipinski definition) is 2. The number of benzene rings is 1. The molecule has 0 fully saturated rings. The van der Waals surface area contributed by atoms with Gasteiger partial charge >= 0.3 is 5.97 Å². The van der Waals surface area contributed by atoms with Gasteiger partial charge in [-0.2, -0.15) is 0 Å². The molecule has 2 heteroatoms. The van der Waals surface area contributed by atoms with Crippen molar-refractivity contribution in [2.24, 2.45) is 0 Å². The molecule has 2 nitrogen and oxygen atoms in total. The Morgan fingerprint density at radius 1 is 1.24 bits per heavy atom. The Bertz CT molecular complexity index is 366. The van der Waals surface area contributed by atoms with E-state index >= 15 is 0 Å². The van der Waals surface area contributed by atoms with Crippen LogP contribution in [0.3, 0.4) is 0 Å². The Morgan fingerprint density at radius 2 is 1.94 bits per heavy atom. The molecule has 17 heavy (non-hydrogen) atoms. The molecule has 0 N–H and O–H groups in total. The van der Waals surface area contributed by atoms with E-state index in [9.17, 15) is 4.79 Å². The topological polar surface area (TPSA) is 26.3 Å². The van der Waals surface area contributed by atoms with Crippen LogP contribution in [0.4, 0.5) is 0 Å². The SMILES string of the molecule is CCCC/C(=C\c1ccccc1)C(=O)OCC. The molecular formula is C15H20O2.